The van der Waals surface area contributed by atoms with Gasteiger partial charge in [0.05, 0.1) is 12.2 Å². The smallest absolute Gasteiger partial charge is 0.239 e. The molecule has 0 aliphatic carbocycles. The first kappa shape index (κ1) is 15.0. The fourth-order valence-electron chi connectivity index (χ4n) is 1.85. The maximum Gasteiger partial charge on any atom is 0.239 e. The largest absolute Gasteiger partial charge is 0.376 e. The molecule has 0 saturated carbocycles. The third-order valence-corrected chi connectivity index (χ3v) is 3.28. The number of carbonyl (C=O) groups is 1. The first-order valence-corrected chi connectivity index (χ1v) is 6.97. The van der Waals surface area contributed by atoms with Gasteiger partial charge < -0.3 is 10.6 Å². The number of carbonyl (C=O) groups excluding carboxylic acids is 1. The molecule has 1 aromatic heterocycles. The molecule has 1 atom stereocenters. The van der Waals surface area contributed by atoms with Crippen LogP contribution in [0.3, 0.4) is 0 Å². The standard InChI is InChI=1S/C14H20N6O/c1-4-11(3)17-14(21)8-15-12-6-5-10(2)13(7-12)20-9-16-18-19-20/h5-7,9,11,15H,4,8H2,1-3H3,(H,17,21). The monoisotopic (exact) mass is 288 g/mol. The van der Waals surface area contributed by atoms with Crippen molar-refractivity contribution in [2.45, 2.75) is 33.2 Å². The molecule has 0 aliphatic heterocycles. The lowest BCUT2D eigenvalue weighted by Crippen LogP contribution is -2.36. The topological polar surface area (TPSA) is 84.7 Å². The van der Waals surface area contributed by atoms with E-state index in [4.69, 9.17) is 0 Å². The average Bonchev–Trinajstić information content (AvgIpc) is 3.00. The van der Waals surface area contributed by atoms with Gasteiger partial charge in [0.2, 0.25) is 5.91 Å². The number of rotatable bonds is 6. The van der Waals surface area contributed by atoms with Gasteiger partial charge in [-0.2, -0.15) is 0 Å². The SMILES string of the molecule is CCC(C)NC(=O)CNc1ccc(C)c(-n2cnnn2)c1. The van der Waals surface area contributed by atoms with Crippen molar-refractivity contribution in [3.05, 3.63) is 30.1 Å². The highest BCUT2D eigenvalue weighted by atomic mass is 16.1. The van der Waals surface area contributed by atoms with Crippen LogP contribution >= 0.6 is 0 Å². The Hall–Kier alpha value is -2.44. The predicted molar refractivity (Wildman–Crippen MR) is 80.3 cm³/mol. The number of nitrogens with zero attached hydrogens (tertiary/aromatic N) is 4. The molecule has 7 heteroatoms. The first-order valence-electron chi connectivity index (χ1n) is 6.97. The average molecular weight is 288 g/mol. The molecule has 1 aromatic carbocycles. The Balaban J connectivity index is 2.02. The van der Waals surface area contributed by atoms with Crippen molar-refractivity contribution in [3.8, 4) is 5.69 Å². The van der Waals surface area contributed by atoms with Crippen LogP contribution in [-0.4, -0.2) is 38.7 Å². The van der Waals surface area contributed by atoms with Crippen molar-refractivity contribution in [3.63, 3.8) is 0 Å². The summed E-state index contributed by atoms with van der Waals surface area (Å²) in [6.07, 6.45) is 2.46. The molecule has 7 nitrogen and oxygen atoms in total. The molecule has 2 N–H and O–H groups in total. The van der Waals surface area contributed by atoms with Gasteiger partial charge in [0, 0.05) is 11.7 Å². The summed E-state index contributed by atoms with van der Waals surface area (Å²) in [5.41, 5.74) is 2.79. The van der Waals surface area contributed by atoms with Crippen LogP contribution < -0.4 is 10.6 Å². The van der Waals surface area contributed by atoms with Crippen LogP contribution in [0, 0.1) is 6.92 Å². The third kappa shape index (κ3) is 4.01. The second-order valence-electron chi connectivity index (χ2n) is 4.99. The summed E-state index contributed by atoms with van der Waals surface area (Å²) in [5, 5.41) is 17.2. The Morgan fingerprint density at radius 1 is 1.43 bits per heavy atom. The number of tetrazole rings is 1. The zero-order valence-electron chi connectivity index (χ0n) is 12.5. The van der Waals surface area contributed by atoms with Crippen LogP contribution in [-0.2, 0) is 4.79 Å². The van der Waals surface area contributed by atoms with E-state index in [2.05, 4.69) is 26.2 Å². The Bertz CT molecular complexity index is 596. The van der Waals surface area contributed by atoms with Crippen LogP contribution in [0.15, 0.2) is 24.5 Å². The first-order chi connectivity index (χ1) is 10.1. The summed E-state index contributed by atoms with van der Waals surface area (Å²) < 4.78 is 1.60. The number of aryl methyl sites for hydroxylation is 1. The summed E-state index contributed by atoms with van der Waals surface area (Å²) >= 11 is 0. The van der Waals surface area contributed by atoms with Crippen LogP contribution in [0.5, 0.6) is 0 Å². The second kappa shape index (κ2) is 6.83. The quantitative estimate of drug-likeness (QED) is 0.837. The maximum atomic E-state index is 11.8. The minimum absolute atomic E-state index is 0.0195. The van der Waals surface area contributed by atoms with Gasteiger partial charge in [-0.25, -0.2) is 4.68 Å². The van der Waals surface area contributed by atoms with Gasteiger partial charge in [-0.05, 0) is 48.4 Å². The number of hydrogen-bond acceptors (Lipinski definition) is 5. The van der Waals surface area contributed by atoms with Gasteiger partial charge in [0.25, 0.3) is 0 Å². The van der Waals surface area contributed by atoms with Gasteiger partial charge in [-0.1, -0.05) is 13.0 Å². The van der Waals surface area contributed by atoms with Crippen molar-refractivity contribution >= 4 is 11.6 Å². The molecule has 21 heavy (non-hydrogen) atoms. The van der Waals surface area contributed by atoms with Crippen LogP contribution in [0.2, 0.25) is 0 Å². The lowest BCUT2D eigenvalue weighted by atomic mass is 10.2. The second-order valence-corrected chi connectivity index (χ2v) is 4.99. The van der Waals surface area contributed by atoms with E-state index < -0.39 is 0 Å². The molecule has 2 aromatic rings. The minimum atomic E-state index is -0.0195. The number of aromatic nitrogens is 4. The number of benzene rings is 1. The molecule has 1 unspecified atom stereocenters. The van der Waals surface area contributed by atoms with Gasteiger partial charge in [-0.15, -0.1) is 5.10 Å². The van der Waals surface area contributed by atoms with Gasteiger partial charge in [0.15, 0.2) is 0 Å². The lowest BCUT2D eigenvalue weighted by Gasteiger charge is -2.13. The minimum Gasteiger partial charge on any atom is -0.376 e. The van der Waals surface area contributed by atoms with E-state index in [1.807, 2.05) is 39.0 Å². The Labute approximate surface area is 123 Å². The zero-order chi connectivity index (χ0) is 15.2. The highest BCUT2D eigenvalue weighted by Gasteiger charge is 2.07. The number of nitrogens with one attached hydrogen (secondary N) is 2. The summed E-state index contributed by atoms with van der Waals surface area (Å²) in [6, 6.07) is 6.00. The highest BCUT2D eigenvalue weighted by molar-refractivity contribution is 5.81. The van der Waals surface area contributed by atoms with Crippen LogP contribution in [0.1, 0.15) is 25.8 Å². The molecule has 1 amide bonds. The van der Waals surface area contributed by atoms with Gasteiger partial charge in [0.1, 0.15) is 6.33 Å². The zero-order valence-corrected chi connectivity index (χ0v) is 12.5. The molecule has 0 radical (unpaired) electrons. The summed E-state index contributed by atoms with van der Waals surface area (Å²) in [5.74, 6) is -0.0195. The van der Waals surface area contributed by atoms with Gasteiger partial charge >= 0.3 is 0 Å². The molecule has 0 spiro atoms. The molecule has 1 heterocycles. The fourth-order valence-corrected chi connectivity index (χ4v) is 1.85. The maximum absolute atomic E-state index is 11.8. The number of amides is 1. The van der Waals surface area contributed by atoms with Crippen LogP contribution in [0.4, 0.5) is 5.69 Å². The predicted octanol–water partition coefficient (Wildman–Crippen LogP) is 1.30. The summed E-state index contributed by atoms with van der Waals surface area (Å²) in [7, 11) is 0. The molecule has 0 aliphatic rings. The van der Waals surface area contributed by atoms with Crippen molar-refractivity contribution in [2.24, 2.45) is 0 Å². The molecule has 112 valence electrons. The van der Waals surface area contributed by atoms with Crippen LogP contribution in [0.25, 0.3) is 5.69 Å². The molecule has 2 rings (SSSR count). The van der Waals surface area contributed by atoms with E-state index in [-0.39, 0.29) is 18.5 Å². The Kier molecular flexibility index (Phi) is 4.86. The molecular weight excluding hydrogens is 268 g/mol. The summed E-state index contributed by atoms with van der Waals surface area (Å²) in [4.78, 5) is 11.8. The van der Waals surface area contributed by atoms with Crippen molar-refractivity contribution in [2.75, 3.05) is 11.9 Å². The number of anilines is 1. The lowest BCUT2D eigenvalue weighted by molar-refractivity contribution is -0.120. The van der Waals surface area contributed by atoms with E-state index in [9.17, 15) is 4.79 Å². The van der Waals surface area contributed by atoms with E-state index >= 15 is 0 Å². The van der Waals surface area contributed by atoms with E-state index in [1.165, 1.54) is 0 Å². The van der Waals surface area contributed by atoms with E-state index in [0.717, 1.165) is 23.4 Å². The Morgan fingerprint density at radius 2 is 2.24 bits per heavy atom. The molecule has 0 bridgehead atoms. The number of hydrogen-bond donors (Lipinski definition) is 2. The van der Waals surface area contributed by atoms with Crippen molar-refractivity contribution in [1.29, 1.82) is 0 Å². The summed E-state index contributed by atoms with van der Waals surface area (Å²) in [6.45, 7) is 6.25. The Morgan fingerprint density at radius 3 is 2.90 bits per heavy atom. The van der Waals surface area contributed by atoms with E-state index in [1.54, 1.807) is 11.0 Å². The molecule has 0 fully saturated rings. The molecular formula is C14H20N6O. The molecule has 0 saturated heterocycles. The van der Waals surface area contributed by atoms with Gasteiger partial charge in [-0.3, -0.25) is 4.79 Å². The fraction of sp³-hybridized carbons (Fsp3) is 0.429. The highest BCUT2D eigenvalue weighted by Crippen LogP contribution is 2.17. The normalized spacial score (nSPS) is 12.0. The van der Waals surface area contributed by atoms with E-state index in [0.29, 0.717) is 0 Å². The van der Waals surface area contributed by atoms with Crippen molar-refractivity contribution in [1.82, 2.24) is 25.5 Å². The van der Waals surface area contributed by atoms with Crippen molar-refractivity contribution < 1.29 is 4.79 Å². The third-order valence-electron chi connectivity index (χ3n) is 3.28.